The number of hydrogen-bond acceptors (Lipinski definition) is 7. The molecule has 0 aliphatic carbocycles. The van der Waals surface area contributed by atoms with E-state index in [1.54, 1.807) is 19.2 Å². The number of rotatable bonds is 11. The molecule has 0 saturated carbocycles. The molecule has 1 unspecified atom stereocenters. The van der Waals surface area contributed by atoms with Crippen LogP contribution in [0, 0.1) is 17.0 Å². The minimum Gasteiger partial charge on any atom is -0.482 e. The molecule has 39 heavy (non-hydrogen) atoms. The summed E-state index contributed by atoms with van der Waals surface area (Å²) in [5, 5.41) is 30.7. The highest BCUT2D eigenvalue weighted by molar-refractivity contribution is 5.82. The summed E-state index contributed by atoms with van der Waals surface area (Å²) < 4.78 is 5.96. The third-order valence-electron chi connectivity index (χ3n) is 7.24. The van der Waals surface area contributed by atoms with Crippen LogP contribution in [0.5, 0.6) is 5.75 Å². The van der Waals surface area contributed by atoms with Crippen molar-refractivity contribution in [3.05, 3.63) is 93.5 Å². The van der Waals surface area contributed by atoms with Gasteiger partial charge in [0.25, 0.3) is 0 Å². The maximum Gasteiger partial charge on any atom is 0.311 e. The van der Waals surface area contributed by atoms with Gasteiger partial charge in [-0.1, -0.05) is 54.6 Å². The molecule has 0 aromatic heterocycles. The van der Waals surface area contributed by atoms with Gasteiger partial charge in [0.05, 0.1) is 23.7 Å². The van der Waals surface area contributed by atoms with Crippen LogP contribution in [0.2, 0.25) is 0 Å². The lowest BCUT2D eigenvalue weighted by atomic mass is 9.97. The van der Waals surface area contributed by atoms with Gasteiger partial charge >= 0.3 is 5.69 Å². The van der Waals surface area contributed by atoms with Crippen molar-refractivity contribution in [1.82, 2.24) is 9.80 Å². The van der Waals surface area contributed by atoms with Crippen LogP contribution in [0.1, 0.15) is 29.5 Å². The van der Waals surface area contributed by atoms with Crippen LogP contribution in [-0.2, 0) is 17.9 Å². The second-order valence-electron chi connectivity index (χ2n) is 9.99. The van der Waals surface area contributed by atoms with E-state index in [0.29, 0.717) is 25.1 Å². The summed E-state index contributed by atoms with van der Waals surface area (Å²) in [6, 6.07) is 20.6. The number of aliphatic hydroxyl groups excluding tert-OH is 2. The van der Waals surface area contributed by atoms with E-state index in [9.17, 15) is 20.0 Å². The normalized spacial score (nSPS) is 16.2. The fourth-order valence-corrected chi connectivity index (χ4v) is 5.10. The van der Waals surface area contributed by atoms with E-state index in [1.807, 2.05) is 60.4 Å². The van der Waals surface area contributed by atoms with Crippen molar-refractivity contribution in [2.45, 2.75) is 45.1 Å². The lowest BCUT2D eigenvalue weighted by Crippen LogP contribution is -2.46. The number of likely N-dealkylation sites (N-methyl/N-ethyl adjacent to an activating group) is 1. The van der Waals surface area contributed by atoms with E-state index in [-0.39, 0.29) is 36.5 Å². The highest BCUT2D eigenvalue weighted by Gasteiger charge is 2.33. The summed E-state index contributed by atoms with van der Waals surface area (Å²) >= 11 is 0. The topological polar surface area (TPSA) is 116 Å². The largest absolute Gasteiger partial charge is 0.482 e. The molecule has 206 valence electrons. The predicted octanol–water partition coefficient (Wildman–Crippen LogP) is 3.93. The van der Waals surface area contributed by atoms with Crippen LogP contribution in [0.4, 0.5) is 5.69 Å². The Morgan fingerprint density at radius 2 is 1.95 bits per heavy atom. The van der Waals surface area contributed by atoms with Crippen molar-refractivity contribution in [2.75, 3.05) is 26.7 Å². The minimum absolute atomic E-state index is 0.0465. The van der Waals surface area contributed by atoms with Gasteiger partial charge in [0.15, 0.2) is 5.75 Å². The van der Waals surface area contributed by atoms with E-state index >= 15 is 0 Å². The number of amides is 1. The average molecular weight is 534 g/mol. The van der Waals surface area contributed by atoms with Gasteiger partial charge < -0.3 is 19.8 Å². The molecule has 1 aliphatic rings. The molecule has 0 radical (unpaired) electrons. The Morgan fingerprint density at radius 3 is 2.67 bits per heavy atom. The van der Waals surface area contributed by atoms with Crippen LogP contribution in [0.15, 0.2) is 66.7 Å². The first-order valence-corrected chi connectivity index (χ1v) is 13.1. The maximum atomic E-state index is 13.0. The smallest absolute Gasteiger partial charge is 0.311 e. The van der Waals surface area contributed by atoms with Crippen molar-refractivity contribution in [1.29, 1.82) is 0 Å². The van der Waals surface area contributed by atoms with Gasteiger partial charge in [-0.15, -0.1) is 0 Å². The highest BCUT2D eigenvalue weighted by Crippen LogP contribution is 2.32. The number of aliphatic hydroxyl groups is 2. The number of likely N-dealkylation sites (tertiary alicyclic amines) is 1. The van der Waals surface area contributed by atoms with Gasteiger partial charge in [0.1, 0.15) is 6.61 Å². The predicted molar refractivity (Wildman–Crippen MR) is 148 cm³/mol. The molecule has 0 bridgehead atoms. The second-order valence-corrected chi connectivity index (χ2v) is 9.99. The van der Waals surface area contributed by atoms with Gasteiger partial charge in [-0.2, -0.15) is 0 Å². The lowest BCUT2D eigenvalue weighted by molar-refractivity contribution is -0.386. The Hall–Kier alpha value is -3.79. The summed E-state index contributed by atoms with van der Waals surface area (Å²) in [6.07, 6.45) is 0.509. The van der Waals surface area contributed by atoms with Crippen molar-refractivity contribution < 1.29 is 24.7 Å². The molecule has 2 N–H and O–H groups in total. The summed E-state index contributed by atoms with van der Waals surface area (Å²) in [5.41, 5.74) is 4.80. The minimum atomic E-state index is -0.992. The maximum absolute atomic E-state index is 13.0. The molecule has 0 spiro atoms. The number of nitrogens with zero attached hydrogens (tertiary/aromatic N) is 3. The quantitative estimate of drug-likeness (QED) is 0.283. The number of benzene rings is 3. The zero-order valence-corrected chi connectivity index (χ0v) is 22.3. The summed E-state index contributed by atoms with van der Waals surface area (Å²) in [4.78, 5) is 27.9. The molecular formula is C30H35N3O6. The number of nitro groups is 1. The Balaban J connectivity index is 1.46. The molecule has 1 heterocycles. The van der Waals surface area contributed by atoms with Crippen LogP contribution < -0.4 is 4.74 Å². The van der Waals surface area contributed by atoms with Crippen LogP contribution >= 0.6 is 0 Å². The summed E-state index contributed by atoms with van der Waals surface area (Å²) in [5.74, 6) is 0.0580. The standard InChI is InChI=1S/C30H35N3O6/c1-21-24(10-6-11-26(21)23-8-4-3-5-9-23)20-39-29-14-13-22(16-28(29)33(37)38)17-32-15-7-12-27(32)30(36)31(2)18-25(35)19-34/h3-6,8-11,13-14,16,25,27,34-35H,7,12,15,17-20H2,1-2H3/t25?,27-/m0/s1. The fraction of sp³-hybridized carbons (Fsp3) is 0.367. The van der Waals surface area contributed by atoms with Crippen molar-refractivity contribution in [2.24, 2.45) is 0 Å². The monoisotopic (exact) mass is 533 g/mol. The van der Waals surface area contributed by atoms with Crippen LogP contribution in [0.25, 0.3) is 11.1 Å². The Kier molecular flexibility index (Phi) is 9.29. The summed E-state index contributed by atoms with van der Waals surface area (Å²) in [6.45, 7) is 2.92. The lowest BCUT2D eigenvalue weighted by Gasteiger charge is -2.29. The molecule has 1 saturated heterocycles. The molecule has 3 aromatic carbocycles. The highest BCUT2D eigenvalue weighted by atomic mass is 16.6. The van der Waals surface area contributed by atoms with Gasteiger partial charge in [-0.3, -0.25) is 19.8 Å². The number of ether oxygens (including phenoxy) is 1. The molecule has 4 rings (SSSR count). The third kappa shape index (κ3) is 6.81. The number of carbonyl (C=O) groups excluding carboxylic acids is 1. The third-order valence-corrected chi connectivity index (χ3v) is 7.24. The van der Waals surface area contributed by atoms with Gasteiger partial charge in [0, 0.05) is 26.2 Å². The average Bonchev–Trinajstić information content (AvgIpc) is 3.40. The number of nitro benzene ring substituents is 1. The zero-order chi connectivity index (χ0) is 27.9. The van der Waals surface area contributed by atoms with E-state index in [1.165, 1.54) is 11.0 Å². The molecule has 3 aromatic rings. The first-order valence-electron chi connectivity index (χ1n) is 13.1. The van der Waals surface area contributed by atoms with E-state index in [4.69, 9.17) is 9.84 Å². The van der Waals surface area contributed by atoms with Crippen molar-refractivity contribution in [3.8, 4) is 16.9 Å². The van der Waals surface area contributed by atoms with Crippen LogP contribution in [-0.4, -0.2) is 69.7 Å². The molecular weight excluding hydrogens is 498 g/mol. The molecule has 1 fully saturated rings. The second kappa shape index (κ2) is 12.8. The van der Waals surface area contributed by atoms with E-state index in [2.05, 4.69) is 0 Å². The summed E-state index contributed by atoms with van der Waals surface area (Å²) in [7, 11) is 1.60. The SMILES string of the molecule is Cc1c(COc2ccc(CN3CCC[C@H]3C(=O)N(C)CC(O)CO)cc2[N+](=O)[O-])cccc1-c1ccccc1. The first-order chi connectivity index (χ1) is 18.8. The Bertz CT molecular complexity index is 1300. The van der Waals surface area contributed by atoms with Gasteiger partial charge in [-0.05, 0) is 60.2 Å². The first kappa shape index (κ1) is 28.2. The van der Waals surface area contributed by atoms with Gasteiger partial charge in [0.2, 0.25) is 5.91 Å². The Morgan fingerprint density at radius 1 is 1.18 bits per heavy atom. The Labute approximate surface area is 228 Å². The number of hydrogen-bond donors (Lipinski definition) is 2. The molecule has 9 heteroatoms. The van der Waals surface area contributed by atoms with Gasteiger partial charge in [-0.25, -0.2) is 0 Å². The molecule has 2 atom stereocenters. The van der Waals surface area contributed by atoms with Crippen molar-refractivity contribution in [3.63, 3.8) is 0 Å². The zero-order valence-electron chi connectivity index (χ0n) is 22.3. The van der Waals surface area contributed by atoms with E-state index in [0.717, 1.165) is 28.7 Å². The molecule has 9 nitrogen and oxygen atoms in total. The molecule has 1 amide bonds. The molecule has 1 aliphatic heterocycles. The van der Waals surface area contributed by atoms with E-state index < -0.39 is 17.6 Å². The van der Waals surface area contributed by atoms with Crippen LogP contribution in [0.3, 0.4) is 0 Å². The van der Waals surface area contributed by atoms with Crippen molar-refractivity contribution >= 4 is 11.6 Å². The fourth-order valence-electron chi connectivity index (χ4n) is 5.10. The number of carbonyl (C=O) groups is 1.